The Bertz CT molecular complexity index is 689. The summed E-state index contributed by atoms with van der Waals surface area (Å²) in [6.07, 6.45) is 0. The summed E-state index contributed by atoms with van der Waals surface area (Å²) in [7, 11) is 0. The smallest absolute Gasteiger partial charge is 0.330 e. The molecule has 0 saturated heterocycles. The van der Waals surface area contributed by atoms with Gasteiger partial charge in [0.25, 0.3) is 0 Å². The summed E-state index contributed by atoms with van der Waals surface area (Å²) < 4.78 is 0. The second kappa shape index (κ2) is 4.94. The minimum Gasteiger partial charge on any atom is -0.330 e. The van der Waals surface area contributed by atoms with E-state index in [1.165, 1.54) is 22.7 Å². The van der Waals surface area contributed by atoms with E-state index in [9.17, 15) is 0 Å². The third-order valence-electron chi connectivity index (χ3n) is 2.51. The van der Waals surface area contributed by atoms with Gasteiger partial charge in [-0.15, -0.1) is 10.2 Å². The Kier molecular flexibility index (Phi) is 3.14. The van der Waals surface area contributed by atoms with Gasteiger partial charge in [-0.3, -0.25) is 5.73 Å². The van der Waals surface area contributed by atoms with Crippen LogP contribution in [0.15, 0.2) is 30.3 Å². The number of rotatable bonds is 3. The van der Waals surface area contributed by atoms with Gasteiger partial charge >= 0.3 is 5.13 Å². The molecule has 2 heterocycles. The van der Waals surface area contributed by atoms with Crippen LogP contribution in [-0.4, -0.2) is 10.2 Å². The molecule has 1 aromatic carbocycles. The number of hydrogen-bond donors (Lipinski definition) is 2. The van der Waals surface area contributed by atoms with Gasteiger partial charge in [0, 0.05) is 5.69 Å². The molecule has 0 spiro atoms. The first-order valence-electron chi connectivity index (χ1n) is 5.66. The Morgan fingerprint density at radius 1 is 1.16 bits per heavy atom. The molecule has 0 bridgehead atoms. The van der Waals surface area contributed by atoms with E-state index >= 15 is 0 Å². The van der Waals surface area contributed by atoms with Crippen LogP contribution in [-0.2, 0) is 0 Å². The fourth-order valence-electron chi connectivity index (χ4n) is 1.67. The van der Waals surface area contributed by atoms with Crippen molar-refractivity contribution in [3.05, 3.63) is 36.0 Å². The predicted octanol–water partition coefficient (Wildman–Crippen LogP) is 2.71. The summed E-state index contributed by atoms with van der Waals surface area (Å²) in [6, 6.07) is 9.91. The van der Waals surface area contributed by atoms with Crippen LogP contribution in [0.1, 0.15) is 5.69 Å². The second-order valence-electron chi connectivity index (χ2n) is 3.95. The van der Waals surface area contributed by atoms with E-state index in [4.69, 9.17) is 5.73 Å². The molecule has 0 amide bonds. The maximum Gasteiger partial charge on any atom is 0.330 e. The highest BCUT2D eigenvalue weighted by molar-refractivity contribution is 7.24. The highest BCUT2D eigenvalue weighted by Crippen LogP contribution is 2.33. The Balaban J connectivity index is 1.86. The molecule has 3 rings (SSSR count). The molecular weight excluding hydrogens is 278 g/mol. The van der Waals surface area contributed by atoms with Crippen molar-refractivity contribution in [1.29, 1.82) is 0 Å². The summed E-state index contributed by atoms with van der Waals surface area (Å²) in [4.78, 5) is 4.12. The number of para-hydroxylation sites is 1. The van der Waals surface area contributed by atoms with Gasteiger partial charge in [0.1, 0.15) is 10.6 Å². The minimum absolute atomic E-state index is 0.681. The van der Waals surface area contributed by atoms with Crippen LogP contribution in [0.25, 0.3) is 9.88 Å². The molecular formula is C12H12N5S2+. The molecule has 5 nitrogen and oxygen atoms in total. The molecule has 0 unspecified atom stereocenters. The molecule has 0 radical (unpaired) electrons. The van der Waals surface area contributed by atoms with Crippen molar-refractivity contribution < 1.29 is 4.98 Å². The summed E-state index contributed by atoms with van der Waals surface area (Å²) in [5.41, 5.74) is 7.77. The fraction of sp³-hybridized carbons (Fsp3) is 0.0833. The van der Waals surface area contributed by atoms with Crippen molar-refractivity contribution in [1.82, 2.24) is 10.2 Å². The standard InChI is InChI=1S/C12H11N5S2/c1-7-9(18-11(13)14-7)10-16-17-12(19-10)15-8-5-3-2-4-6-8/h2-6H,1H3,(H2,13,14)(H,15,17)/p+1. The van der Waals surface area contributed by atoms with Gasteiger partial charge in [0.2, 0.25) is 5.13 Å². The van der Waals surface area contributed by atoms with Crippen molar-refractivity contribution in [2.45, 2.75) is 6.92 Å². The number of anilines is 3. The average molecular weight is 290 g/mol. The van der Waals surface area contributed by atoms with Gasteiger partial charge < -0.3 is 5.32 Å². The van der Waals surface area contributed by atoms with E-state index in [0.29, 0.717) is 5.13 Å². The van der Waals surface area contributed by atoms with Crippen LogP contribution in [0.5, 0.6) is 0 Å². The minimum atomic E-state index is 0.681. The van der Waals surface area contributed by atoms with Gasteiger partial charge in [-0.1, -0.05) is 29.5 Å². The lowest BCUT2D eigenvalue weighted by Crippen LogP contribution is -2.06. The molecule has 3 aromatic rings. The number of thiazole rings is 1. The summed E-state index contributed by atoms with van der Waals surface area (Å²) in [5.74, 6) is 0. The van der Waals surface area contributed by atoms with E-state index in [1.807, 2.05) is 37.3 Å². The lowest BCUT2D eigenvalue weighted by Gasteiger charge is -1.99. The van der Waals surface area contributed by atoms with Crippen LogP contribution < -0.4 is 16.0 Å². The maximum atomic E-state index is 5.75. The largest absolute Gasteiger partial charge is 0.330 e. The van der Waals surface area contributed by atoms with Crippen LogP contribution in [0.4, 0.5) is 16.0 Å². The molecule has 0 atom stereocenters. The Morgan fingerprint density at radius 3 is 2.63 bits per heavy atom. The van der Waals surface area contributed by atoms with E-state index in [1.54, 1.807) is 0 Å². The number of nitrogen functional groups attached to an aromatic ring is 1. The lowest BCUT2D eigenvalue weighted by molar-refractivity contribution is -0.363. The van der Waals surface area contributed by atoms with Crippen LogP contribution in [0.2, 0.25) is 0 Å². The summed E-state index contributed by atoms with van der Waals surface area (Å²) in [6.45, 7) is 1.98. The van der Waals surface area contributed by atoms with Crippen LogP contribution in [0, 0.1) is 6.92 Å². The number of benzene rings is 1. The lowest BCUT2D eigenvalue weighted by atomic mass is 10.3. The first kappa shape index (κ1) is 12.1. The molecule has 0 aliphatic rings. The van der Waals surface area contributed by atoms with Gasteiger partial charge in [0.05, 0.1) is 0 Å². The first-order valence-corrected chi connectivity index (χ1v) is 7.30. The molecule has 0 aliphatic carbocycles. The van der Waals surface area contributed by atoms with Crippen molar-refractivity contribution in [3.63, 3.8) is 0 Å². The van der Waals surface area contributed by atoms with Crippen molar-refractivity contribution in [2.24, 2.45) is 0 Å². The van der Waals surface area contributed by atoms with Gasteiger partial charge in [-0.25, -0.2) is 4.98 Å². The van der Waals surface area contributed by atoms with Gasteiger partial charge in [-0.2, -0.15) is 0 Å². The van der Waals surface area contributed by atoms with E-state index < -0.39 is 0 Å². The Morgan fingerprint density at radius 2 is 1.95 bits per heavy atom. The van der Waals surface area contributed by atoms with Crippen molar-refractivity contribution in [3.8, 4) is 9.88 Å². The molecule has 0 saturated carbocycles. The number of nitrogens with one attached hydrogen (secondary N) is 2. The zero-order valence-electron chi connectivity index (χ0n) is 10.2. The third-order valence-corrected chi connectivity index (χ3v) is 4.52. The number of nitrogens with zero attached hydrogens (tertiary/aromatic N) is 2. The molecule has 0 fully saturated rings. The number of nitrogens with two attached hydrogens (primary N) is 1. The van der Waals surface area contributed by atoms with E-state index in [-0.39, 0.29) is 0 Å². The molecule has 7 heteroatoms. The van der Waals surface area contributed by atoms with Crippen LogP contribution >= 0.6 is 22.7 Å². The first-order chi connectivity index (χ1) is 9.22. The molecule has 2 aromatic heterocycles. The number of H-pyrrole nitrogens is 1. The summed E-state index contributed by atoms with van der Waals surface area (Å²) >= 11 is 3.00. The predicted molar refractivity (Wildman–Crippen MR) is 78.7 cm³/mol. The third kappa shape index (κ3) is 2.56. The zero-order valence-corrected chi connectivity index (χ0v) is 11.8. The number of aromatic nitrogens is 3. The molecule has 4 N–H and O–H groups in total. The van der Waals surface area contributed by atoms with Crippen molar-refractivity contribution in [2.75, 3.05) is 11.1 Å². The number of hydrogen-bond acceptors (Lipinski definition) is 6. The topological polar surface area (TPSA) is 78.0 Å². The highest BCUT2D eigenvalue weighted by Gasteiger charge is 2.16. The quantitative estimate of drug-likeness (QED) is 0.777. The molecule has 19 heavy (non-hydrogen) atoms. The van der Waals surface area contributed by atoms with Crippen LogP contribution in [0.3, 0.4) is 0 Å². The van der Waals surface area contributed by atoms with E-state index in [0.717, 1.165) is 26.4 Å². The fourth-order valence-corrected chi connectivity index (χ4v) is 3.44. The van der Waals surface area contributed by atoms with E-state index in [2.05, 4.69) is 20.5 Å². The molecule has 96 valence electrons. The average Bonchev–Trinajstić information content (AvgIpc) is 2.97. The Hall–Kier alpha value is -1.99. The number of aromatic amines is 1. The zero-order chi connectivity index (χ0) is 13.2. The number of aryl methyl sites for hydroxylation is 1. The SMILES string of the molecule is Cc1[nH+]c(N)sc1-c1nnc(Nc2ccccc2)s1. The maximum absolute atomic E-state index is 5.75. The normalized spacial score (nSPS) is 10.6. The van der Waals surface area contributed by atoms with Gasteiger partial charge in [0.15, 0.2) is 5.01 Å². The molecule has 0 aliphatic heterocycles. The Labute approximate surface area is 118 Å². The van der Waals surface area contributed by atoms with Crippen molar-refractivity contribution >= 4 is 38.6 Å². The monoisotopic (exact) mass is 290 g/mol. The highest BCUT2D eigenvalue weighted by atomic mass is 32.1. The van der Waals surface area contributed by atoms with Gasteiger partial charge in [-0.05, 0) is 30.4 Å². The second-order valence-corrected chi connectivity index (χ2v) is 5.98. The summed E-state index contributed by atoms with van der Waals surface area (Å²) in [5, 5.41) is 13.9.